The summed E-state index contributed by atoms with van der Waals surface area (Å²) in [6, 6.07) is 18.9. The fourth-order valence-corrected chi connectivity index (χ4v) is 6.56. The van der Waals surface area contributed by atoms with Crippen LogP contribution < -0.4 is 9.62 Å². The quantitative estimate of drug-likeness (QED) is 0.310. The lowest BCUT2D eigenvalue weighted by atomic mass is 10.1. The maximum atomic E-state index is 14.0. The molecular formula is C30H33Cl2N3O4S. The molecule has 0 spiro atoms. The average Bonchev–Trinajstić information content (AvgIpc) is 3.44. The summed E-state index contributed by atoms with van der Waals surface area (Å²) in [6.45, 7) is 3.23. The molecule has 1 N–H and O–H groups in total. The van der Waals surface area contributed by atoms with Gasteiger partial charge in [-0.3, -0.25) is 13.9 Å². The molecule has 0 radical (unpaired) electrons. The lowest BCUT2D eigenvalue weighted by Gasteiger charge is -2.33. The Morgan fingerprint density at radius 1 is 0.950 bits per heavy atom. The van der Waals surface area contributed by atoms with E-state index in [1.54, 1.807) is 25.1 Å². The van der Waals surface area contributed by atoms with Crippen LogP contribution >= 0.6 is 23.2 Å². The molecule has 4 rings (SSSR count). The van der Waals surface area contributed by atoms with Crippen LogP contribution in [-0.4, -0.2) is 43.8 Å². The molecule has 1 saturated carbocycles. The molecule has 0 aromatic heterocycles. The van der Waals surface area contributed by atoms with Gasteiger partial charge in [0.15, 0.2) is 0 Å². The molecule has 0 unspecified atom stereocenters. The van der Waals surface area contributed by atoms with Crippen molar-refractivity contribution in [3.05, 3.63) is 94.0 Å². The standard InChI is InChI=1S/C30H33Cl2N3O4S/c1-21-8-3-4-9-23(21)19-34(22(2)30(37)33-26-11-5-6-12-26)29(36)20-35(27-13-7-10-25(32)18-27)40(38,39)28-16-14-24(31)15-17-28/h3-4,7-10,13-18,22,26H,5-6,11-12,19-20H2,1-2H3,(H,33,37)/t22-/m1/s1. The summed E-state index contributed by atoms with van der Waals surface area (Å²) in [5.74, 6) is -0.779. The van der Waals surface area contributed by atoms with Crippen LogP contribution in [0.5, 0.6) is 0 Å². The second kappa shape index (κ2) is 13.1. The van der Waals surface area contributed by atoms with Gasteiger partial charge in [-0.05, 0) is 80.3 Å². The second-order valence-electron chi connectivity index (χ2n) is 10.1. The summed E-state index contributed by atoms with van der Waals surface area (Å²) < 4.78 is 28.7. The summed E-state index contributed by atoms with van der Waals surface area (Å²) in [6.07, 6.45) is 3.93. The van der Waals surface area contributed by atoms with E-state index in [2.05, 4.69) is 5.32 Å². The van der Waals surface area contributed by atoms with Crippen molar-refractivity contribution in [3.8, 4) is 0 Å². The second-order valence-corrected chi connectivity index (χ2v) is 12.8. The van der Waals surface area contributed by atoms with Gasteiger partial charge in [-0.25, -0.2) is 8.42 Å². The van der Waals surface area contributed by atoms with Gasteiger partial charge in [0.25, 0.3) is 10.0 Å². The highest BCUT2D eigenvalue weighted by molar-refractivity contribution is 7.92. The third-order valence-electron chi connectivity index (χ3n) is 7.25. The fourth-order valence-electron chi connectivity index (χ4n) is 4.84. The zero-order chi connectivity index (χ0) is 28.9. The van der Waals surface area contributed by atoms with E-state index in [1.165, 1.54) is 35.2 Å². The third-order valence-corrected chi connectivity index (χ3v) is 9.52. The van der Waals surface area contributed by atoms with Crippen LogP contribution in [0.15, 0.2) is 77.7 Å². The van der Waals surface area contributed by atoms with Crippen LogP contribution in [0.4, 0.5) is 5.69 Å². The summed E-state index contributed by atoms with van der Waals surface area (Å²) in [5.41, 5.74) is 2.06. The molecule has 40 heavy (non-hydrogen) atoms. The van der Waals surface area contributed by atoms with Crippen molar-refractivity contribution in [2.24, 2.45) is 0 Å². The molecule has 1 atom stereocenters. The van der Waals surface area contributed by atoms with E-state index in [9.17, 15) is 18.0 Å². The van der Waals surface area contributed by atoms with Gasteiger partial charge >= 0.3 is 0 Å². The van der Waals surface area contributed by atoms with Crippen molar-refractivity contribution in [1.29, 1.82) is 0 Å². The minimum Gasteiger partial charge on any atom is -0.352 e. The maximum absolute atomic E-state index is 14.0. The molecule has 1 aliphatic carbocycles. The Bertz CT molecular complexity index is 1460. The summed E-state index contributed by atoms with van der Waals surface area (Å²) in [4.78, 5) is 28.8. The number of sulfonamides is 1. The molecule has 0 heterocycles. The van der Waals surface area contributed by atoms with E-state index in [0.29, 0.717) is 10.0 Å². The molecule has 212 valence electrons. The number of nitrogens with zero attached hydrogens (tertiary/aromatic N) is 2. The van der Waals surface area contributed by atoms with Gasteiger partial charge in [0.1, 0.15) is 12.6 Å². The Balaban J connectivity index is 1.69. The topological polar surface area (TPSA) is 86.8 Å². The number of aryl methyl sites for hydroxylation is 1. The smallest absolute Gasteiger partial charge is 0.264 e. The summed E-state index contributed by atoms with van der Waals surface area (Å²) in [7, 11) is -4.19. The first-order valence-electron chi connectivity index (χ1n) is 13.2. The minimum absolute atomic E-state index is 0.0258. The van der Waals surface area contributed by atoms with Gasteiger partial charge in [0, 0.05) is 22.6 Å². The highest BCUT2D eigenvalue weighted by atomic mass is 35.5. The van der Waals surface area contributed by atoms with Crippen LogP contribution in [0.1, 0.15) is 43.7 Å². The van der Waals surface area contributed by atoms with Gasteiger partial charge < -0.3 is 10.2 Å². The van der Waals surface area contributed by atoms with Crippen LogP contribution in [-0.2, 0) is 26.2 Å². The zero-order valence-electron chi connectivity index (χ0n) is 22.5. The first-order chi connectivity index (χ1) is 19.1. The molecule has 3 aromatic rings. The Morgan fingerprint density at radius 3 is 2.27 bits per heavy atom. The molecule has 0 saturated heterocycles. The van der Waals surface area contributed by atoms with Crippen molar-refractivity contribution < 1.29 is 18.0 Å². The highest BCUT2D eigenvalue weighted by Crippen LogP contribution is 2.28. The number of rotatable bonds is 10. The first-order valence-corrected chi connectivity index (χ1v) is 15.4. The molecule has 2 amide bonds. The number of halogens is 2. The van der Waals surface area contributed by atoms with E-state index in [4.69, 9.17) is 23.2 Å². The van der Waals surface area contributed by atoms with Crippen molar-refractivity contribution in [2.45, 2.75) is 63.1 Å². The first kappa shape index (κ1) is 29.9. The molecular weight excluding hydrogens is 569 g/mol. The largest absolute Gasteiger partial charge is 0.352 e. The predicted molar refractivity (Wildman–Crippen MR) is 159 cm³/mol. The maximum Gasteiger partial charge on any atom is 0.264 e. The molecule has 0 aliphatic heterocycles. The highest BCUT2D eigenvalue weighted by Gasteiger charge is 2.33. The van der Waals surface area contributed by atoms with E-state index in [-0.39, 0.29) is 29.1 Å². The molecule has 10 heteroatoms. The van der Waals surface area contributed by atoms with Crippen molar-refractivity contribution in [3.63, 3.8) is 0 Å². The fraction of sp³-hybridized carbons (Fsp3) is 0.333. The van der Waals surface area contributed by atoms with Gasteiger partial charge in [0.2, 0.25) is 11.8 Å². The van der Waals surface area contributed by atoms with Gasteiger partial charge in [0.05, 0.1) is 10.6 Å². The van der Waals surface area contributed by atoms with E-state index in [0.717, 1.165) is 41.1 Å². The van der Waals surface area contributed by atoms with Crippen LogP contribution in [0.3, 0.4) is 0 Å². The minimum atomic E-state index is -4.19. The Labute approximate surface area is 246 Å². The predicted octanol–water partition coefficient (Wildman–Crippen LogP) is 5.97. The number of hydrogen-bond donors (Lipinski definition) is 1. The SMILES string of the molecule is Cc1ccccc1CN(C(=O)CN(c1cccc(Cl)c1)S(=O)(=O)c1ccc(Cl)cc1)[C@H](C)C(=O)NC1CCCC1. The Kier molecular flexibility index (Phi) is 9.77. The normalized spacial score (nSPS) is 14.5. The number of nitrogens with one attached hydrogen (secondary N) is 1. The average molecular weight is 603 g/mol. The monoisotopic (exact) mass is 601 g/mol. The van der Waals surface area contributed by atoms with Crippen LogP contribution in [0, 0.1) is 6.92 Å². The number of benzene rings is 3. The van der Waals surface area contributed by atoms with Gasteiger partial charge in [-0.1, -0.05) is 66.4 Å². The lowest BCUT2D eigenvalue weighted by molar-refractivity contribution is -0.139. The van der Waals surface area contributed by atoms with Crippen LogP contribution in [0.2, 0.25) is 10.0 Å². The molecule has 1 fully saturated rings. The van der Waals surface area contributed by atoms with E-state index in [1.807, 2.05) is 31.2 Å². The Morgan fingerprint density at radius 2 is 1.62 bits per heavy atom. The van der Waals surface area contributed by atoms with Gasteiger partial charge in [-0.15, -0.1) is 0 Å². The third kappa shape index (κ3) is 7.16. The van der Waals surface area contributed by atoms with Crippen molar-refractivity contribution in [2.75, 3.05) is 10.8 Å². The molecule has 1 aliphatic rings. The zero-order valence-corrected chi connectivity index (χ0v) is 24.8. The van der Waals surface area contributed by atoms with E-state index >= 15 is 0 Å². The number of hydrogen-bond acceptors (Lipinski definition) is 4. The van der Waals surface area contributed by atoms with Gasteiger partial charge in [-0.2, -0.15) is 0 Å². The molecule has 7 nitrogen and oxygen atoms in total. The van der Waals surface area contributed by atoms with E-state index < -0.39 is 28.5 Å². The van der Waals surface area contributed by atoms with Crippen molar-refractivity contribution in [1.82, 2.24) is 10.2 Å². The molecule has 0 bridgehead atoms. The summed E-state index contributed by atoms with van der Waals surface area (Å²) >= 11 is 12.2. The van der Waals surface area contributed by atoms with Crippen LogP contribution in [0.25, 0.3) is 0 Å². The Hall–Kier alpha value is -3.07. The number of amides is 2. The molecule has 3 aromatic carbocycles. The summed E-state index contributed by atoms with van der Waals surface area (Å²) in [5, 5.41) is 3.78. The number of carbonyl (C=O) groups excluding carboxylic acids is 2. The van der Waals surface area contributed by atoms with Crippen molar-refractivity contribution >= 4 is 50.7 Å². The lowest BCUT2D eigenvalue weighted by Crippen LogP contribution is -2.52. The number of carbonyl (C=O) groups is 2. The number of anilines is 1.